The van der Waals surface area contributed by atoms with Crippen LogP contribution in [0.5, 0.6) is 0 Å². The van der Waals surface area contributed by atoms with Crippen LogP contribution in [0.15, 0.2) is 73.1 Å². The maximum Gasteiger partial charge on any atom is 0.229 e. The lowest BCUT2D eigenvalue weighted by Crippen LogP contribution is -2.06. The molecule has 0 aliphatic rings. The molecule has 1 amide bonds. The Hall–Kier alpha value is -4.00. The van der Waals surface area contributed by atoms with Crippen molar-refractivity contribution in [3.05, 3.63) is 73.1 Å². The Morgan fingerprint density at radius 1 is 0.857 bits per heavy atom. The highest BCUT2D eigenvalue weighted by atomic mass is 16.1. The first-order chi connectivity index (χ1) is 13.7. The van der Waals surface area contributed by atoms with Crippen molar-refractivity contribution < 1.29 is 4.79 Å². The van der Waals surface area contributed by atoms with Gasteiger partial charge < -0.3 is 16.0 Å². The topological polar surface area (TPSA) is 91.8 Å². The Kier molecular flexibility index (Phi) is 4.79. The van der Waals surface area contributed by atoms with Crippen LogP contribution >= 0.6 is 0 Å². The SMILES string of the molecule is CC(=O)Nc1cccc(Nc2ccnc(Nc3cccc4cccnc34)n2)c1. The Morgan fingerprint density at radius 2 is 1.68 bits per heavy atom. The number of rotatable bonds is 5. The van der Waals surface area contributed by atoms with Crippen LogP contribution in [0.2, 0.25) is 0 Å². The number of carbonyl (C=O) groups is 1. The minimum absolute atomic E-state index is 0.116. The number of hydrogen-bond acceptors (Lipinski definition) is 6. The zero-order valence-corrected chi connectivity index (χ0v) is 15.2. The molecule has 138 valence electrons. The molecule has 4 aromatic rings. The van der Waals surface area contributed by atoms with E-state index in [-0.39, 0.29) is 5.91 Å². The first kappa shape index (κ1) is 17.4. The van der Waals surface area contributed by atoms with Crippen molar-refractivity contribution in [1.82, 2.24) is 15.0 Å². The van der Waals surface area contributed by atoms with E-state index in [4.69, 9.17) is 0 Å². The molecule has 0 saturated carbocycles. The minimum atomic E-state index is -0.116. The van der Waals surface area contributed by atoms with Gasteiger partial charge in [0.25, 0.3) is 0 Å². The number of benzene rings is 2. The molecule has 7 nitrogen and oxygen atoms in total. The largest absolute Gasteiger partial charge is 0.340 e. The van der Waals surface area contributed by atoms with E-state index in [1.807, 2.05) is 54.6 Å². The summed E-state index contributed by atoms with van der Waals surface area (Å²) in [6.45, 7) is 1.48. The average molecular weight is 370 g/mol. The number of pyridine rings is 1. The van der Waals surface area contributed by atoms with Crippen LogP contribution in [0.25, 0.3) is 10.9 Å². The molecule has 0 bridgehead atoms. The van der Waals surface area contributed by atoms with Gasteiger partial charge in [0.15, 0.2) is 0 Å². The van der Waals surface area contributed by atoms with Gasteiger partial charge in [0.1, 0.15) is 5.82 Å². The van der Waals surface area contributed by atoms with Gasteiger partial charge in [-0.25, -0.2) is 4.98 Å². The Bertz CT molecular complexity index is 1140. The van der Waals surface area contributed by atoms with Crippen molar-refractivity contribution in [2.45, 2.75) is 6.92 Å². The van der Waals surface area contributed by atoms with Crippen molar-refractivity contribution in [3.8, 4) is 0 Å². The number of aromatic nitrogens is 3. The minimum Gasteiger partial charge on any atom is -0.340 e. The lowest BCUT2D eigenvalue weighted by molar-refractivity contribution is -0.114. The summed E-state index contributed by atoms with van der Waals surface area (Å²) < 4.78 is 0. The molecule has 0 spiro atoms. The third-order valence-corrected chi connectivity index (χ3v) is 3.99. The quantitative estimate of drug-likeness (QED) is 0.480. The average Bonchev–Trinajstić information content (AvgIpc) is 2.68. The maximum atomic E-state index is 11.2. The first-order valence-electron chi connectivity index (χ1n) is 8.76. The van der Waals surface area contributed by atoms with Gasteiger partial charge in [-0.2, -0.15) is 4.98 Å². The lowest BCUT2D eigenvalue weighted by atomic mass is 10.2. The molecule has 0 unspecified atom stereocenters. The summed E-state index contributed by atoms with van der Waals surface area (Å²) >= 11 is 0. The number of fused-ring (bicyclic) bond motifs is 1. The summed E-state index contributed by atoms with van der Waals surface area (Å²) in [6, 6.07) is 19.0. The van der Waals surface area contributed by atoms with Gasteiger partial charge in [-0.15, -0.1) is 0 Å². The zero-order valence-electron chi connectivity index (χ0n) is 15.2. The van der Waals surface area contributed by atoms with Crippen LogP contribution in [0.1, 0.15) is 6.92 Å². The fraction of sp³-hybridized carbons (Fsp3) is 0.0476. The molecule has 0 radical (unpaired) electrons. The fourth-order valence-electron chi connectivity index (χ4n) is 2.84. The molecule has 28 heavy (non-hydrogen) atoms. The summed E-state index contributed by atoms with van der Waals surface area (Å²) in [7, 11) is 0. The molecule has 4 rings (SSSR count). The number of carbonyl (C=O) groups excluding carboxylic acids is 1. The van der Waals surface area contributed by atoms with Gasteiger partial charge in [-0.3, -0.25) is 9.78 Å². The molecule has 2 aromatic carbocycles. The fourth-order valence-corrected chi connectivity index (χ4v) is 2.84. The van der Waals surface area contributed by atoms with E-state index in [1.165, 1.54) is 6.92 Å². The van der Waals surface area contributed by atoms with Gasteiger partial charge in [-0.1, -0.05) is 24.3 Å². The van der Waals surface area contributed by atoms with Crippen LogP contribution in [-0.2, 0) is 4.79 Å². The van der Waals surface area contributed by atoms with Gasteiger partial charge in [0, 0.05) is 36.1 Å². The monoisotopic (exact) mass is 370 g/mol. The molecule has 3 N–H and O–H groups in total. The van der Waals surface area contributed by atoms with E-state index in [2.05, 4.69) is 30.9 Å². The molecule has 0 fully saturated rings. The standard InChI is InChI=1S/C21H18N6O/c1-14(28)24-16-7-3-8-17(13-16)25-19-10-12-23-21(27-19)26-18-9-2-5-15-6-4-11-22-20(15)18/h2-13H,1H3,(H,24,28)(H2,23,25,26,27). The summed E-state index contributed by atoms with van der Waals surface area (Å²) in [5.74, 6) is 0.973. The second kappa shape index (κ2) is 7.71. The number of para-hydroxylation sites is 1. The summed E-state index contributed by atoms with van der Waals surface area (Å²) in [5.41, 5.74) is 3.22. The lowest BCUT2D eigenvalue weighted by Gasteiger charge is -2.11. The maximum absolute atomic E-state index is 11.2. The van der Waals surface area contributed by atoms with Crippen molar-refractivity contribution in [2.75, 3.05) is 16.0 Å². The van der Waals surface area contributed by atoms with Crippen molar-refractivity contribution >= 4 is 45.6 Å². The molecule has 0 saturated heterocycles. The second-order valence-electron chi connectivity index (χ2n) is 6.16. The highest BCUT2D eigenvalue weighted by molar-refractivity contribution is 5.91. The second-order valence-corrected chi connectivity index (χ2v) is 6.16. The summed E-state index contributed by atoms with van der Waals surface area (Å²) in [4.78, 5) is 24.5. The van der Waals surface area contributed by atoms with E-state index >= 15 is 0 Å². The van der Waals surface area contributed by atoms with Crippen LogP contribution in [-0.4, -0.2) is 20.9 Å². The molecule has 2 heterocycles. The van der Waals surface area contributed by atoms with Crippen LogP contribution in [0, 0.1) is 0 Å². The predicted octanol–water partition coefficient (Wildman–Crippen LogP) is 4.47. The number of anilines is 5. The van der Waals surface area contributed by atoms with Crippen LogP contribution in [0.4, 0.5) is 28.8 Å². The zero-order chi connectivity index (χ0) is 19.3. The van der Waals surface area contributed by atoms with Crippen molar-refractivity contribution in [2.24, 2.45) is 0 Å². The van der Waals surface area contributed by atoms with Gasteiger partial charge in [0.05, 0.1) is 11.2 Å². The van der Waals surface area contributed by atoms with E-state index < -0.39 is 0 Å². The summed E-state index contributed by atoms with van der Waals surface area (Å²) in [5, 5.41) is 10.3. The molecular formula is C21H18N6O. The number of nitrogens with one attached hydrogen (secondary N) is 3. The van der Waals surface area contributed by atoms with Crippen molar-refractivity contribution in [1.29, 1.82) is 0 Å². The Balaban J connectivity index is 1.56. The van der Waals surface area contributed by atoms with Crippen LogP contribution in [0.3, 0.4) is 0 Å². The highest BCUT2D eigenvalue weighted by Crippen LogP contribution is 2.24. The van der Waals surface area contributed by atoms with Gasteiger partial charge >= 0.3 is 0 Å². The molecule has 0 aliphatic carbocycles. The highest BCUT2D eigenvalue weighted by Gasteiger charge is 2.05. The van der Waals surface area contributed by atoms with E-state index in [0.29, 0.717) is 17.5 Å². The third-order valence-electron chi connectivity index (χ3n) is 3.99. The predicted molar refractivity (Wildman–Crippen MR) is 111 cm³/mol. The number of amides is 1. The van der Waals surface area contributed by atoms with E-state index in [1.54, 1.807) is 18.5 Å². The molecule has 2 aromatic heterocycles. The number of nitrogens with zero attached hydrogens (tertiary/aromatic N) is 3. The molecule has 7 heteroatoms. The van der Waals surface area contributed by atoms with Gasteiger partial charge in [-0.05, 0) is 36.4 Å². The molecule has 0 atom stereocenters. The summed E-state index contributed by atoms with van der Waals surface area (Å²) in [6.07, 6.45) is 3.43. The van der Waals surface area contributed by atoms with Gasteiger partial charge in [0.2, 0.25) is 11.9 Å². The van der Waals surface area contributed by atoms with Crippen LogP contribution < -0.4 is 16.0 Å². The Labute approximate surface area is 161 Å². The van der Waals surface area contributed by atoms with E-state index in [0.717, 1.165) is 22.3 Å². The Morgan fingerprint density at radius 3 is 2.57 bits per heavy atom. The third kappa shape index (κ3) is 4.04. The normalized spacial score (nSPS) is 10.5. The first-order valence-corrected chi connectivity index (χ1v) is 8.76. The molecule has 0 aliphatic heterocycles. The molecular weight excluding hydrogens is 352 g/mol. The van der Waals surface area contributed by atoms with Crippen molar-refractivity contribution in [3.63, 3.8) is 0 Å². The number of hydrogen-bond donors (Lipinski definition) is 3. The smallest absolute Gasteiger partial charge is 0.229 e. The van der Waals surface area contributed by atoms with E-state index in [9.17, 15) is 4.79 Å².